The zero-order valence-corrected chi connectivity index (χ0v) is 20.1. The van der Waals surface area contributed by atoms with Crippen LogP contribution in [0.2, 0.25) is 0 Å². The maximum Gasteiger partial charge on any atom is 0.323 e. The number of carbonyl (C=O) groups is 2. The Kier molecular flexibility index (Phi) is 5.96. The van der Waals surface area contributed by atoms with E-state index in [-0.39, 0.29) is 12.4 Å². The number of thioether (sulfide) groups is 1. The van der Waals surface area contributed by atoms with Crippen molar-refractivity contribution in [1.29, 1.82) is 5.26 Å². The Balaban J connectivity index is 1.78. The van der Waals surface area contributed by atoms with Crippen LogP contribution in [0.15, 0.2) is 96.0 Å². The van der Waals surface area contributed by atoms with Gasteiger partial charge in [0.05, 0.1) is 18.6 Å². The van der Waals surface area contributed by atoms with Crippen LogP contribution in [0, 0.1) is 16.7 Å². The topological polar surface area (TPSA) is 70.4 Å². The number of esters is 1. The molecule has 1 saturated heterocycles. The Morgan fingerprint density at radius 1 is 1.03 bits per heavy atom. The highest BCUT2D eigenvalue weighted by Gasteiger charge is 2.72. The maximum atomic E-state index is 14.4. The molecule has 0 unspecified atom stereocenters. The Morgan fingerprint density at radius 2 is 1.69 bits per heavy atom. The highest BCUT2D eigenvalue weighted by atomic mass is 32.2. The Bertz CT molecular complexity index is 1330. The fourth-order valence-electron chi connectivity index (χ4n) is 5.34. The number of hydrogen-bond donors (Lipinski definition) is 0. The Hall–Kier alpha value is -3.82. The van der Waals surface area contributed by atoms with Crippen molar-refractivity contribution < 1.29 is 14.3 Å². The molecule has 0 bridgehead atoms. The Labute approximate surface area is 209 Å². The molecule has 0 spiro atoms. The third kappa shape index (κ3) is 3.38. The molecule has 5 nitrogen and oxygen atoms in total. The molecule has 0 saturated carbocycles. The van der Waals surface area contributed by atoms with E-state index < -0.39 is 28.7 Å². The van der Waals surface area contributed by atoms with Gasteiger partial charge in [-0.05, 0) is 36.3 Å². The summed E-state index contributed by atoms with van der Waals surface area (Å²) in [5, 5.41) is 10.8. The number of nitriles is 1. The van der Waals surface area contributed by atoms with Crippen molar-refractivity contribution in [3.63, 3.8) is 0 Å². The van der Waals surface area contributed by atoms with Gasteiger partial charge in [-0.25, -0.2) is 0 Å². The van der Waals surface area contributed by atoms with Gasteiger partial charge in [-0.2, -0.15) is 5.26 Å². The number of hydrogen-bond acceptors (Lipinski definition) is 5. The van der Waals surface area contributed by atoms with Gasteiger partial charge in [0, 0.05) is 22.4 Å². The van der Waals surface area contributed by atoms with E-state index >= 15 is 0 Å². The SMILES string of the molecule is CCOC(=O)[C@]1(CSc2ccccc2)C(=O)N2C=Cc3ccccc3[C@@]2(C#N)[C@@H]1c1ccccc1. The molecule has 2 aliphatic heterocycles. The second-order valence-electron chi connectivity index (χ2n) is 8.59. The fourth-order valence-corrected chi connectivity index (χ4v) is 6.49. The number of fused-ring (bicyclic) bond motifs is 3. The molecule has 35 heavy (non-hydrogen) atoms. The highest BCUT2D eigenvalue weighted by Crippen LogP contribution is 2.62. The quantitative estimate of drug-likeness (QED) is 0.270. The third-order valence-corrected chi connectivity index (χ3v) is 8.02. The first-order valence-electron chi connectivity index (χ1n) is 11.5. The van der Waals surface area contributed by atoms with Gasteiger partial charge >= 0.3 is 5.97 Å². The Morgan fingerprint density at radius 3 is 2.37 bits per heavy atom. The van der Waals surface area contributed by atoms with E-state index in [4.69, 9.17) is 4.74 Å². The van der Waals surface area contributed by atoms with E-state index in [2.05, 4.69) is 6.07 Å². The molecule has 0 radical (unpaired) electrons. The molecule has 6 heteroatoms. The van der Waals surface area contributed by atoms with Gasteiger partial charge < -0.3 is 4.74 Å². The van der Waals surface area contributed by atoms with Gasteiger partial charge in [0.1, 0.15) is 0 Å². The molecule has 3 aromatic rings. The predicted molar refractivity (Wildman–Crippen MR) is 135 cm³/mol. The molecule has 1 amide bonds. The van der Waals surface area contributed by atoms with Crippen molar-refractivity contribution in [2.24, 2.45) is 5.41 Å². The summed E-state index contributed by atoms with van der Waals surface area (Å²) in [5.74, 6) is -1.66. The van der Waals surface area contributed by atoms with Gasteiger partial charge in [-0.1, -0.05) is 72.8 Å². The molecule has 5 rings (SSSR count). The second-order valence-corrected chi connectivity index (χ2v) is 9.64. The number of benzene rings is 3. The predicted octanol–water partition coefficient (Wildman–Crippen LogP) is 5.36. The summed E-state index contributed by atoms with van der Waals surface area (Å²) in [6.07, 6.45) is 3.48. The van der Waals surface area contributed by atoms with Crippen LogP contribution in [0.4, 0.5) is 0 Å². The van der Waals surface area contributed by atoms with Crippen LogP contribution in [-0.4, -0.2) is 29.1 Å². The van der Waals surface area contributed by atoms with E-state index in [1.54, 1.807) is 13.1 Å². The largest absolute Gasteiger partial charge is 0.465 e. The minimum atomic E-state index is -1.60. The van der Waals surface area contributed by atoms with Crippen molar-refractivity contribution in [2.75, 3.05) is 12.4 Å². The van der Waals surface area contributed by atoms with Gasteiger partial charge in [0.25, 0.3) is 0 Å². The lowest BCUT2D eigenvalue weighted by Gasteiger charge is -2.40. The molecule has 2 aliphatic rings. The molecule has 3 atom stereocenters. The highest BCUT2D eigenvalue weighted by molar-refractivity contribution is 7.99. The summed E-state index contributed by atoms with van der Waals surface area (Å²) in [6.45, 7) is 1.87. The molecule has 174 valence electrons. The molecule has 0 aliphatic carbocycles. The van der Waals surface area contributed by atoms with E-state index in [9.17, 15) is 14.9 Å². The van der Waals surface area contributed by atoms with Crippen LogP contribution in [-0.2, 0) is 19.9 Å². The van der Waals surface area contributed by atoms with Crippen LogP contribution in [0.5, 0.6) is 0 Å². The normalized spacial score (nSPS) is 24.4. The first-order valence-corrected chi connectivity index (χ1v) is 12.5. The van der Waals surface area contributed by atoms with Crippen LogP contribution in [0.25, 0.3) is 6.08 Å². The molecule has 1 fully saturated rings. The van der Waals surface area contributed by atoms with Gasteiger partial charge in [-0.3, -0.25) is 14.5 Å². The molecular formula is C29H24N2O3S. The number of ether oxygens (including phenoxy) is 1. The van der Waals surface area contributed by atoms with Gasteiger partial charge in [0.15, 0.2) is 11.0 Å². The van der Waals surface area contributed by atoms with Crippen molar-refractivity contribution in [1.82, 2.24) is 4.90 Å². The zero-order chi connectivity index (χ0) is 24.5. The third-order valence-electron chi connectivity index (χ3n) is 6.82. The molecule has 0 N–H and O–H groups in total. The van der Waals surface area contributed by atoms with E-state index in [0.717, 1.165) is 16.0 Å². The number of amides is 1. The van der Waals surface area contributed by atoms with Crippen LogP contribution in [0.3, 0.4) is 0 Å². The smallest absolute Gasteiger partial charge is 0.323 e. The molecule has 3 aromatic carbocycles. The van der Waals surface area contributed by atoms with Crippen LogP contribution >= 0.6 is 11.8 Å². The van der Waals surface area contributed by atoms with Crippen molar-refractivity contribution in [2.45, 2.75) is 23.3 Å². The summed E-state index contributed by atoms with van der Waals surface area (Å²) in [6, 6.07) is 29.2. The summed E-state index contributed by atoms with van der Waals surface area (Å²) in [4.78, 5) is 30.6. The number of nitrogens with zero attached hydrogens (tertiary/aromatic N) is 2. The lowest BCUT2D eigenvalue weighted by atomic mass is 9.64. The van der Waals surface area contributed by atoms with Crippen LogP contribution < -0.4 is 0 Å². The summed E-state index contributed by atoms with van der Waals surface area (Å²) < 4.78 is 5.59. The van der Waals surface area contributed by atoms with Crippen molar-refractivity contribution >= 4 is 29.7 Å². The van der Waals surface area contributed by atoms with Gasteiger partial charge in [0.2, 0.25) is 5.91 Å². The fraction of sp³-hybridized carbons (Fsp3) is 0.207. The van der Waals surface area contributed by atoms with E-state index in [0.29, 0.717) is 5.56 Å². The van der Waals surface area contributed by atoms with Crippen LogP contribution in [0.1, 0.15) is 29.5 Å². The summed E-state index contributed by atoms with van der Waals surface area (Å²) >= 11 is 1.43. The lowest BCUT2D eigenvalue weighted by Crippen LogP contribution is -2.46. The lowest BCUT2D eigenvalue weighted by molar-refractivity contribution is -0.159. The minimum absolute atomic E-state index is 0.136. The average Bonchev–Trinajstić information content (AvgIpc) is 3.14. The van der Waals surface area contributed by atoms with Gasteiger partial charge in [-0.15, -0.1) is 11.8 Å². The molecule has 2 heterocycles. The number of rotatable bonds is 6. The molecular weight excluding hydrogens is 456 g/mol. The summed E-state index contributed by atoms with van der Waals surface area (Å²) in [5.41, 5.74) is -0.683. The zero-order valence-electron chi connectivity index (χ0n) is 19.3. The van der Waals surface area contributed by atoms with Crippen molar-refractivity contribution in [3.05, 3.63) is 108 Å². The first kappa shape index (κ1) is 22.9. The maximum absolute atomic E-state index is 14.4. The minimum Gasteiger partial charge on any atom is -0.465 e. The summed E-state index contributed by atoms with van der Waals surface area (Å²) in [7, 11) is 0. The van der Waals surface area contributed by atoms with E-state index in [1.807, 2.05) is 91.0 Å². The van der Waals surface area contributed by atoms with E-state index in [1.165, 1.54) is 16.7 Å². The second kappa shape index (κ2) is 9.09. The monoisotopic (exact) mass is 480 g/mol. The standard InChI is InChI=1S/C29H24N2O3S/c1-2-34-27(33)28(20-35-23-14-7-4-8-15-23)25(22-12-5-3-6-13-22)29(19-30)24-16-10-9-11-21(24)17-18-31(29)26(28)32/h3-18,25H,2,20H2,1H3/t25-,28+,29+/m1/s1. The first-order chi connectivity index (χ1) is 17.1. The number of carbonyl (C=O) groups excluding carboxylic acids is 2. The average molecular weight is 481 g/mol. The van der Waals surface area contributed by atoms with Crippen molar-refractivity contribution in [3.8, 4) is 6.07 Å². The molecule has 0 aromatic heterocycles.